The van der Waals surface area contributed by atoms with Crippen LogP contribution in [-0.4, -0.2) is 49.8 Å². The minimum absolute atomic E-state index is 0.0854. The first-order valence-corrected chi connectivity index (χ1v) is 6.21. The van der Waals surface area contributed by atoms with Gasteiger partial charge in [0, 0.05) is 19.3 Å². The molecule has 0 aliphatic heterocycles. The molecule has 0 atom stereocenters. The summed E-state index contributed by atoms with van der Waals surface area (Å²) in [7, 11) is 1.36. The summed E-state index contributed by atoms with van der Waals surface area (Å²) in [6, 6.07) is 5.86. The summed E-state index contributed by atoms with van der Waals surface area (Å²) >= 11 is 0. The quantitative estimate of drug-likeness (QED) is 0.536. The third-order valence-corrected chi connectivity index (χ3v) is 2.39. The van der Waals surface area contributed by atoms with Crippen LogP contribution in [0.1, 0.15) is 10.4 Å². The van der Waals surface area contributed by atoms with Crippen LogP contribution in [0.3, 0.4) is 0 Å². The molecule has 3 amide bonds. The number of carbonyl (C=O) groups excluding carboxylic acids is 3. The first-order valence-electron chi connectivity index (χ1n) is 6.21. The van der Waals surface area contributed by atoms with Crippen LogP contribution < -0.4 is 16.0 Å². The lowest BCUT2D eigenvalue weighted by atomic mass is 10.2. The average molecular weight is 295 g/mol. The van der Waals surface area contributed by atoms with E-state index in [9.17, 15) is 14.4 Å². The lowest BCUT2D eigenvalue weighted by Crippen LogP contribution is -2.39. The molecule has 21 heavy (non-hydrogen) atoms. The van der Waals surface area contributed by atoms with Crippen molar-refractivity contribution in [2.24, 2.45) is 0 Å². The van der Waals surface area contributed by atoms with Gasteiger partial charge in [0.25, 0.3) is 5.91 Å². The molecular weight excluding hydrogens is 278 g/mol. The van der Waals surface area contributed by atoms with Crippen LogP contribution >= 0.6 is 0 Å². The molecule has 0 unspecified atom stereocenters. The summed E-state index contributed by atoms with van der Waals surface area (Å²) in [6.45, 7) is -0.375. The highest BCUT2D eigenvalue weighted by Crippen LogP contribution is 2.15. The average Bonchev–Trinajstić information content (AvgIpc) is 2.50. The molecule has 8 heteroatoms. The molecule has 0 aromatic heterocycles. The Morgan fingerprint density at radius 1 is 1.24 bits per heavy atom. The van der Waals surface area contributed by atoms with E-state index in [4.69, 9.17) is 9.84 Å². The van der Waals surface area contributed by atoms with Crippen molar-refractivity contribution in [3.8, 4) is 0 Å². The number of urea groups is 1. The number of esters is 1. The molecule has 4 N–H and O–H groups in total. The van der Waals surface area contributed by atoms with Crippen molar-refractivity contribution in [3.63, 3.8) is 0 Å². The summed E-state index contributed by atoms with van der Waals surface area (Å²) in [5.41, 5.74) is 0.724. The van der Waals surface area contributed by atoms with E-state index < -0.39 is 24.5 Å². The van der Waals surface area contributed by atoms with Gasteiger partial charge in [0.2, 0.25) is 0 Å². The summed E-state index contributed by atoms with van der Waals surface area (Å²) in [5, 5.41) is 15.8. The number of aliphatic hydroxyl groups is 1. The number of anilines is 1. The lowest BCUT2D eigenvalue weighted by Gasteiger charge is -2.10. The fourth-order valence-corrected chi connectivity index (χ4v) is 1.44. The van der Waals surface area contributed by atoms with Crippen LogP contribution in [0.5, 0.6) is 0 Å². The maximum atomic E-state index is 11.9. The van der Waals surface area contributed by atoms with Gasteiger partial charge in [-0.25, -0.2) is 9.59 Å². The summed E-state index contributed by atoms with van der Waals surface area (Å²) in [4.78, 5) is 34.1. The number of benzene rings is 1. The van der Waals surface area contributed by atoms with Gasteiger partial charge in [0.15, 0.2) is 6.61 Å². The first kappa shape index (κ1) is 16.4. The van der Waals surface area contributed by atoms with Gasteiger partial charge in [0.05, 0.1) is 12.2 Å². The zero-order valence-electron chi connectivity index (χ0n) is 11.5. The maximum absolute atomic E-state index is 11.9. The van der Waals surface area contributed by atoms with Gasteiger partial charge < -0.3 is 20.5 Å². The largest absolute Gasteiger partial charge is 0.452 e. The fraction of sp³-hybridized carbons (Fsp3) is 0.308. The van der Waals surface area contributed by atoms with E-state index >= 15 is 0 Å². The molecule has 0 aliphatic carbocycles. The van der Waals surface area contributed by atoms with Gasteiger partial charge in [-0.3, -0.25) is 10.1 Å². The van der Waals surface area contributed by atoms with Crippen LogP contribution in [-0.2, 0) is 9.53 Å². The molecule has 1 aromatic rings. The highest BCUT2D eigenvalue weighted by molar-refractivity contribution is 5.99. The number of rotatable bonds is 6. The van der Waals surface area contributed by atoms with Gasteiger partial charge in [-0.15, -0.1) is 0 Å². The number of para-hydroxylation sites is 1. The van der Waals surface area contributed by atoms with Crippen molar-refractivity contribution in [1.82, 2.24) is 10.6 Å². The second kappa shape index (κ2) is 8.54. The van der Waals surface area contributed by atoms with E-state index in [1.54, 1.807) is 18.2 Å². The molecule has 0 saturated carbocycles. The molecule has 0 aliphatic rings. The lowest BCUT2D eigenvalue weighted by molar-refractivity contribution is -0.123. The number of ether oxygens (including phenoxy) is 1. The molecule has 0 fully saturated rings. The highest BCUT2D eigenvalue weighted by Gasteiger charge is 2.14. The predicted molar refractivity (Wildman–Crippen MR) is 74.9 cm³/mol. The van der Waals surface area contributed by atoms with Gasteiger partial charge in [-0.05, 0) is 12.1 Å². The van der Waals surface area contributed by atoms with Crippen molar-refractivity contribution < 1.29 is 24.2 Å². The highest BCUT2D eigenvalue weighted by atomic mass is 16.5. The van der Waals surface area contributed by atoms with E-state index in [2.05, 4.69) is 10.6 Å². The van der Waals surface area contributed by atoms with E-state index in [1.807, 2.05) is 5.32 Å². The maximum Gasteiger partial charge on any atom is 0.340 e. The van der Waals surface area contributed by atoms with Crippen LogP contribution in [0, 0.1) is 0 Å². The molecule has 1 rings (SSSR count). The number of amides is 3. The molecular formula is C13H17N3O5. The Bertz CT molecular complexity index is 518. The number of hydrogen-bond acceptors (Lipinski definition) is 6. The normalized spacial score (nSPS) is 9.62. The number of nitrogens with one attached hydrogen (secondary N) is 3. The monoisotopic (exact) mass is 295 g/mol. The number of imide groups is 1. The van der Waals surface area contributed by atoms with Crippen molar-refractivity contribution >= 4 is 23.6 Å². The van der Waals surface area contributed by atoms with Crippen LogP contribution in [0.25, 0.3) is 0 Å². The Morgan fingerprint density at radius 2 is 1.95 bits per heavy atom. The van der Waals surface area contributed by atoms with Gasteiger partial charge >= 0.3 is 12.0 Å². The third-order valence-electron chi connectivity index (χ3n) is 2.39. The van der Waals surface area contributed by atoms with E-state index in [-0.39, 0.29) is 18.7 Å². The summed E-state index contributed by atoms with van der Waals surface area (Å²) in [6.07, 6.45) is 0. The Hall–Kier alpha value is -2.61. The Morgan fingerprint density at radius 3 is 2.62 bits per heavy atom. The SMILES string of the molecule is CNC(=O)NC(=O)COC(=O)c1ccccc1NCCO. The Labute approximate surface area is 121 Å². The van der Waals surface area contributed by atoms with Crippen molar-refractivity contribution in [2.45, 2.75) is 0 Å². The standard InChI is InChI=1S/C13H17N3O5/c1-14-13(20)16-11(18)8-21-12(19)9-4-2-3-5-10(9)15-6-7-17/h2-5,15,17H,6-8H2,1H3,(H2,14,16,18,20). The molecule has 0 radical (unpaired) electrons. The Kier molecular flexibility index (Phi) is 6.69. The van der Waals surface area contributed by atoms with Crippen molar-refractivity contribution in [1.29, 1.82) is 0 Å². The number of aliphatic hydroxyl groups excluding tert-OH is 1. The molecule has 0 heterocycles. The topological polar surface area (TPSA) is 117 Å². The van der Waals surface area contributed by atoms with E-state index in [1.165, 1.54) is 13.1 Å². The first-order chi connectivity index (χ1) is 10.1. The zero-order chi connectivity index (χ0) is 15.7. The van der Waals surface area contributed by atoms with Crippen LogP contribution in [0.15, 0.2) is 24.3 Å². The van der Waals surface area contributed by atoms with Crippen molar-refractivity contribution in [2.75, 3.05) is 32.1 Å². The predicted octanol–water partition coefficient (Wildman–Crippen LogP) is -0.297. The smallest absolute Gasteiger partial charge is 0.340 e. The van der Waals surface area contributed by atoms with E-state index in [0.717, 1.165) is 0 Å². The van der Waals surface area contributed by atoms with Crippen molar-refractivity contribution in [3.05, 3.63) is 29.8 Å². The second-order valence-electron chi connectivity index (χ2n) is 3.90. The molecule has 0 spiro atoms. The second-order valence-corrected chi connectivity index (χ2v) is 3.90. The molecule has 114 valence electrons. The summed E-state index contributed by atoms with van der Waals surface area (Å²) < 4.78 is 4.82. The molecule has 8 nitrogen and oxygen atoms in total. The zero-order valence-corrected chi connectivity index (χ0v) is 11.5. The molecule has 0 saturated heterocycles. The van der Waals surface area contributed by atoms with Gasteiger partial charge in [-0.1, -0.05) is 12.1 Å². The van der Waals surface area contributed by atoms with Crippen LogP contribution in [0.4, 0.5) is 10.5 Å². The van der Waals surface area contributed by atoms with Crippen LogP contribution in [0.2, 0.25) is 0 Å². The Balaban J connectivity index is 2.59. The summed E-state index contributed by atoms with van der Waals surface area (Å²) in [5.74, 6) is -1.44. The van der Waals surface area contributed by atoms with Gasteiger partial charge in [0.1, 0.15) is 0 Å². The number of hydrogen-bond donors (Lipinski definition) is 4. The third kappa shape index (κ3) is 5.49. The van der Waals surface area contributed by atoms with Gasteiger partial charge in [-0.2, -0.15) is 0 Å². The minimum Gasteiger partial charge on any atom is -0.452 e. The fourth-order valence-electron chi connectivity index (χ4n) is 1.44. The molecule has 0 bridgehead atoms. The molecule has 1 aromatic carbocycles. The van der Waals surface area contributed by atoms with E-state index in [0.29, 0.717) is 5.69 Å². The number of carbonyl (C=O) groups is 3. The minimum atomic E-state index is -0.733.